The molecule has 10 nitrogen and oxygen atoms in total. The van der Waals surface area contributed by atoms with Crippen LogP contribution in [0.3, 0.4) is 0 Å². The van der Waals surface area contributed by atoms with E-state index in [4.69, 9.17) is 4.74 Å². The topological polar surface area (TPSA) is 113 Å². The number of benzene rings is 2. The monoisotopic (exact) mass is 661 g/mol. The van der Waals surface area contributed by atoms with Crippen LogP contribution in [-0.2, 0) is 6.54 Å². The Morgan fingerprint density at radius 3 is 2.35 bits per heavy atom. The molecule has 7 rings (SSSR count). The number of pyridine rings is 2. The first kappa shape index (κ1) is 32.4. The third kappa shape index (κ3) is 7.79. The Morgan fingerprint density at radius 1 is 0.898 bits per heavy atom. The summed E-state index contributed by atoms with van der Waals surface area (Å²) in [6, 6.07) is 22.8. The highest BCUT2D eigenvalue weighted by atomic mass is 19.1. The maximum Gasteiger partial charge on any atom is 0.271 e. The lowest BCUT2D eigenvalue weighted by Gasteiger charge is -2.29. The van der Waals surface area contributed by atoms with Gasteiger partial charge in [-0.05, 0) is 85.7 Å². The first-order chi connectivity index (χ1) is 23.9. The van der Waals surface area contributed by atoms with Crippen molar-refractivity contribution in [2.75, 3.05) is 26.2 Å². The number of nitrogens with zero attached hydrogens (tertiary/aromatic N) is 4. The summed E-state index contributed by atoms with van der Waals surface area (Å²) in [7, 11) is 0. The van der Waals surface area contributed by atoms with Gasteiger partial charge in [0.15, 0.2) is 0 Å². The zero-order valence-electron chi connectivity index (χ0n) is 27.5. The molecule has 0 radical (unpaired) electrons. The normalized spacial score (nSPS) is 18.2. The van der Waals surface area contributed by atoms with Crippen molar-refractivity contribution in [2.24, 2.45) is 0 Å². The molecule has 49 heavy (non-hydrogen) atoms. The third-order valence-electron chi connectivity index (χ3n) is 9.31. The quantitative estimate of drug-likeness (QED) is 0.191. The van der Waals surface area contributed by atoms with Crippen LogP contribution < -0.4 is 20.7 Å². The maximum absolute atomic E-state index is 14.4. The Labute approximate surface area is 284 Å². The standard InChI is InChI=1S/C38H40FN7O3/c1-25-5-2-10-35-44-34(24-46(25)35)37(48)43-31-13-11-30(12-14-31)42-36(47)33-21-29(39)22-41-38(33)49-32-9-4-8-28(20-32)27-7-3-6-26(19-27)23-45-17-15-40-16-18-45/h2-10,19-22,24,30-31,40H,11-18,23H2,1H3,(H,42,47)(H,43,48)/t30-,31-. The largest absolute Gasteiger partial charge is 0.438 e. The van der Waals surface area contributed by atoms with Crippen molar-refractivity contribution < 1.29 is 18.7 Å². The van der Waals surface area contributed by atoms with Crippen LogP contribution in [0, 0.1) is 12.7 Å². The van der Waals surface area contributed by atoms with E-state index in [2.05, 4.69) is 55.1 Å². The van der Waals surface area contributed by atoms with E-state index in [1.165, 1.54) is 5.56 Å². The maximum atomic E-state index is 14.4. The predicted octanol–water partition coefficient (Wildman–Crippen LogP) is 5.51. The molecule has 252 valence electrons. The number of imidazole rings is 1. The molecule has 1 saturated heterocycles. The summed E-state index contributed by atoms with van der Waals surface area (Å²) in [5.41, 5.74) is 5.39. The lowest BCUT2D eigenvalue weighted by molar-refractivity contribution is 0.0888. The zero-order chi connectivity index (χ0) is 33.7. The number of hydrogen-bond donors (Lipinski definition) is 3. The average molecular weight is 662 g/mol. The second kappa shape index (κ2) is 14.6. The zero-order valence-corrected chi connectivity index (χ0v) is 27.5. The number of fused-ring (bicyclic) bond motifs is 1. The van der Waals surface area contributed by atoms with Gasteiger partial charge in [0.2, 0.25) is 5.88 Å². The molecule has 3 aromatic heterocycles. The average Bonchev–Trinajstić information content (AvgIpc) is 3.57. The van der Waals surface area contributed by atoms with Gasteiger partial charge in [0.1, 0.15) is 28.5 Å². The molecule has 4 heterocycles. The second-order valence-corrected chi connectivity index (χ2v) is 12.9. The summed E-state index contributed by atoms with van der Waals surface area (Å²) < 4.78 is 22.4. The summed E-state index contributed by atoms with van der Waals surface area (Å²) >= 11 is 0. The molecule has 0 spiro atoms. The van der Waals surface area contributed by atoms with Crippen molar-refractivity contribution in [3.05, 3.63) is 114 Å². The molecular formula is C38H40FN7O3. The van der Waals surface area contributed by atoms with Crippen molar-refractivity contribution in [3.63, 3.8) is 0 Å². The molecule has 2 aliphatic rings. The molecule has 0 atom stereocenters. The van der Waals surface area contributed by atoms with Crippen molar-refractivity contribution in [2.45, 2.75) is 51.2 Å². The molecular weight excluding hydrogens is 621 g/mol. The highest BCUT2D eigenvalue weighted by Crippen LogP contribution is 2.30. The minimum Gasteiger partial charge on any atom is -0.438 e. The van der Waals surface area contributed by atoms with Gasteiger partial charge >= 0.3 is 0 Å². The molecule has 3 N–H and O–H groups in total. The van der Waals surface area contributed by atoms with Gasteiger partial charge in [-0.25, -0.2) is 14.4 Å². The number of carbonyl (C=O) groups excluding carboxylic acids is 2. The SMILES string of the molecule is Cc1cccc2nc(C(=O)N[C@H]3CC[C@H](NC(=O)c4cc(F)cnc4Oc4cccc(-c5cccc(CN6CCNCC6)c5)c4)CC3)cn12. The van der Waals surface area contributed by atoms with E-state index in [0.717, 1.165) is 67.5 Å². The molecule has 1 saturated carbocycles. The van der Waals surface area contributed by atoms with Crippen LogP contribution in [0.2, 0.25) is 0 Å². The Kier molecular flexibility index (Phi) is 9.63. The summed E-state index contributed by atoms with van der Waals surface area (Å²) in [5.74, 6) is -0.759. The number of rotatable bonds is 9. The van der Waals surface area contributed by atoms with Crippen LogP contribution in [0.15, 0.2) is 85.2 Å². The predicted molar refractivity (Wildman–Crippen MR) is 185 cm³/mol. The van der Waals surface area contributed by atoms with Gasteiger partial charge in [0, 0.05) is 56.7 Å². The van der Waals surface area contributed by atoms with Gasteiger partial charge < -0.3 is 25.1 Å². The number of halogens is 1. The number of hydrogen-bond acceptors (Lipinski definition) is 7. The highest BCUT2D eigenvalue weighted by molar-refractivity contribution is 5.96. The van der Waals surface area contributed by atoms with Crippen LogP contribution in [0.4, 0.5) is 4.39 Å². The number of amides is 2. The molecule has 5 aromatic rings. The molecule has 0 unspecified atom stereocenters. The first-order valence-electron chi connectivity index (χ1n) is 16.9. The van der Waals surface area contributed by atoms with E-state index in [1.807, 2.05) is 47.7 Å². The summed E-state index contributed by atoms with van der Waals surface area (Å²) in [6.45, 7) is 6.92. The third-order valence-corrected chi connectivity index (χ3v) is 9.31. The fourth-order valence-electron chi connectivity index (χ4n) is 6.66. The second-order valence-electron chi connectivity index (χ2n) is 12.9. The molecule has 1 aliphatic carbocycles. The minimum atomic E-state index is -0.624. The summed E-state index contributed by atoms with van der Waals surface area (Å²) in [5, 5.41) is 9.52. The number of piperazine rings is 1. The molecule has 2 amide bonds. The lowest BCUT2D eigenvalue weighted by atomic mass is 9.91. The summed E-state index contributed by atoms with van der Waals surface area (Å²) in [4.78, 5) is 37.4. The van der Waals surface area contributed by atoms with Gasteiger partial charge in [-0.15, -0.1) is 0 Å². The Hall–Kier alpha value is -5.13. The van der Waals surface area contributed by atoms with Gasteiger partial charge in [0.25, 0.3) is 11.8 Å². The number of aromatic nitrogens is 3. The van der Waals surface area contributed by atoms with E-state index < -0.39 is 11.7 Å². The Bertz CT molecular complexity index is 1960. The number of carbonyl (C=O) groups is 2. The van der Waals surface area contributed by atoms with E-state index in [1.54, 1.807) is 12.3 Å². The molecule has 1 aliphatic heterocycles. The molecule has 2 fully saturated rings. The number of aryl methyl sites for hydroxylation is 1. The van der Waals surface area contributed by atoms with Gasteiger partial charge in [0.05, 0.1) is 6.20 Å². The van der Waals surface area contributed by atoms with E-state index in [9.17, 15) is 14.0 Å². The Morgan fingerprint density at radius 2 is 1.59 bits per heavy atom. The van der Waals surface area contributed by atoms with Crippen LogP contribution in [-0.4, -0.2) is 69.3 Å². The van der Waals surface area contributed by atoms with Crippen LogP contribution in [0.1, 0.15) is 57.8 Å². The number of ether oxygens (including phenoxy) is 1. The van der Waals surface area contributed by atoms with Crippen LogP contribution in [0.5, 0.6) is 11.6 Å². The fourth-order valence-corrected chi connectivity index (χ4v) is 6.66. The van der Waals surface area contributed by atoms with Crippen LogP contribution >= 0.6 is 0 Å². The first-order valence-corrected chi connectivity index (χ1v) is 16.9. The van der Waals surface area contributed by atoms with Crippen molar-refractivity contribution in [1.29, 1.82) is 0 Å². The van der Waals surface area contributed by atoms with Gasteiger partial charge in [-0.2, -0.15) is 0 Å². The molecule has 0 bridgehead atoms. The van der Waals surface area contributed by atoms with Crippen molar-refractivity contribution in [1.82, 2.24) is 35.2 Å². The van der Waals surface area contributed by atoms with Crippen molar-refractivity contribution in [3.8, 4) is 22.8 Å². The highest BCUT2D eigenvalue weighted by Gasteiger charge is 2.26. The van der Waals surface area contributed by atoms with Crippen LogP contribution in [0.25, 0.3) is 16.8 Å². The van der Waals surface area contributed by atoms with Crippen molar-refractivity contribution >= 4 is 17.5 Å². The summed E-state index contributed by atoms with van der Waals surface area (Å²) in [6.07, 6.45) is 5.51. The van der Waals surface area contributed by atoms with E-state index in [-0.39, 0.29) is 29.4 Å². The van der Waals surface area contributed by atoms with Gasteiger partial charge in [-0.1, -0.05) is 36.4 Å². The minimum absolute atomic E-state index is 0.0287. The molecule has 2 aromatic carbocycles. The fraction of sp³-hybridized carbons (Fsp3) is 0.316. The Balaban J connectivity index is 0.969. The molecule has 11 heteroatoms. The smallest absolute Gasteiger partial charge is 0.271 e. The van der Waals surface area contributed by atoms with Gasteiger partial charge in [-0.3, -0.25) is 14.5 Å². The van der Waals surface area contributed by atoms with E-state index >= 15 is 0 Å². The van der Waals surface area contributed by atoms with E-state index in [0.29, 0.717) is 37.1 Å². The lowest BCUT2D eigenvalue weighted by Crippen LogP contribution is -2.44. The number of nitrogens with one attached hydrogen (secondary N) is 3.